The maximum atomic E-state index is 12.7. The molecule has 1 heterocycles. The molecule has 59 heavy (non-hydrogen) atoms. The van der Waals surface area contributed by atoms with Crippen molar-refractivity contribution in [1.29, 1.82) is 5.26 Å². The van der Waals surface area contributed by atoms with Crippen molar-refractivity contribution in [3.63, 3.8) is 0 Å². The fourth-order valence-corrected chi connectivity index (χ4v) is 6.67. The molecule has 0 saturated heterocycles. The van der Waals surface area contributed by atoms with Gasteiger partial charge in [-0.05, 0) is 125 Å². The van der Waals surface area contributed by atoms with Gasteiger partial charge in [0, 0.05) is 12.6 Å². The predicted molar refractivity (Wildman–Crippen MR) is 233 cm³/mol. The number of hydrogen-bond acceptors (Lipinski definition) is 10. The van der Waals surface area contributed by atoms with Crippen LogP contribution in [-0.2, 0) is 32.8 Å². The summed E-state index contributed by atoms with van der Waals surface area (Å²) in [6.07, 6.45) is 2.55. The summed E-state index contributed by atoms with van der Waals surface area (Å²) in [5.74, 6) is 1.63. The summed E-state index contributed by atoms with van der Waals surface area (Å²) in [5.41, 5.74) is 2.75. The monoisotopic (exact) mass is 924 g/mol. The van der Waals surface area contributed by atoms with Crippen LogP contribution in [0.15, 0.2) is 124 Å². The number of para-hydroxylation sites is 2. The smallest absolute Gasteiger partial charge is 0.338 e. The van der Waals surface area contributed by atoms with Gasteiger partial charge in [-0.1, -0.05) is 85.7 Å². The van der Waals surface area contributed by atoms with Crippen molar-refractivity contribution in [2.75, 3.05) is 0 Å². The summed E-state index contributed by atoms with van der Waals surface area (Å²) in [5, 5.41) is 18.0. The van der Waals surface area contributed by atoms with Gasteiger partial charge in [-0.25, -0.2) is 9.48 Å². The lowest BCUT2D eigenvalue weighted by Crippen LogP contribution is -2.23. The van der Waals surface area contributed by atoms with Gasteiger partial charge >= 0.3 is 11.9 Å². The molecule has 0 aliphatic heterocycles. The Morgan fingerprint density at radius 3 is 2.12 bits per heavy atom. The highest BCUT2D eigenvalue weighted by molar-refractivity contribution is 9.28. The normalized spacial score (nSPS) is 15.7. The lowest BCUT2D eigenvalue weighted by Gasteiger charge is -2.19. The summed E-state index contributed by atoms with van der Waals surface area (Å²) in [6.45, 7) is 11.7. The number of benzene rings is 4. The summed E-state index contributed by atoms with van der Waals surface area (Å²) >= 11 is 6.68. The number of halogens is 2. The maximum Gasteiger partial charge on any atom is 0.338 e. The van der Waals surface area contributed by atoms with Gasteiger partial charge < -0.3 is 23.8 Å². The number of carbonyl (C=O) groups excluding carboxylic acids is 2. The van der Waals surface area contributed by atoms with Crippen molar-refractivity contribution in [1.82, 2.24) is 9.78 Å². The van der Waals surface area contributed by atoms with E-state index in [2.05, 4.69) is 48.2 Å². The predicted octanol–water partition coefficient (Wildman–Crippen LogP) is 11.5. The molecule has 0 spiro atoms. The van der Waals surface area contributed by atoms with E-state index < -0.39 is 11.7 Å². The van der Waals surface area contributed by atoms with E-state index in [1.54, 1.807) is 47.3 Å². The summed E-state index contributed by atoms with van der Waals surface area (Å²) in [7, 11) is 1.82. The van der Waals surface area contributed by atoms with Crippen LogP contribution in [-0.4, -0.2) is 33.5 Å². The van der Waals surface area contributed by atoms with Crippen LogP contribution in [0, 0.1) is 35.5 Å². The SMILES string of the molecule is CC1(C)[C@H](C(=O)O[C@H](C#N)c2cccc(Oc3ccccc3)c2)[C@@H]1C=C(Br)Br.Cc1nn(C)c(Oc2ccccc2)c1/C=N/OCc1ccc(C(=O)OC(C)(C)C)cc1. The summed E-state index contributed by atoms with van der Waals surface area (Å²) in [4.78, 5) is 30.2. The minimum Gasteiger partial charge on any atom is -0.457 e. The molecule has 1 aliphatic carbocycles. The molecule has 1 saturated carbocycles. The molecule has 3 atom stereocenters. The lowest BCUT2D eigenvalue weighted by molar-refractivity contribution is -0.149. The highest BCUT2D eigenvalue weighted by Gasteiger charge is 2.61. The molecule has 1 aliphatic rings. The Kier molecular flexibility index (Phi) is 14.9. The first-order valence-corrected chi connectivity index (χ1v) is 20.3. The molecule has 4 aromatic carbocycles. The number of ether oxygens (including phenoxy) is 4. The molecule has 13 heteroatoms. The second kappa shape index (κ2) is 19.8. The zero-order valence-electron chi connectivity index (χ0n) is 33.9. The minimum absolute atomic E-state index is 0.0563. The molecular formula is C46H46Br2N4O7. The number of esters is 2. The molecule has 5 aromatic rings. The quantitative estimate of drug-likeness (QED) is 0.0642. The Bertz CT molecular complexity index is 2310. The van der Waals surface area contributed by atoms with Crippen molar-refractivity contribution in [2.45, 2.75) is 59.9 Å². The number of nitrogens with zero attached hydrogens (tertiary/aromatic N) is 4. The Morgan fingerprint density at radius 2 is 1.53 bits per heavy atom. The van der Waals surface area contributed by atoms with E-state index in [-0.39, 0.29) is 35.8 Å². The molecule has 6 rings (SSSR count). The van der Waals surface area contributed by atoms with Crippen LogP contribution in [0.3, 0.4) is 0 Å². The minimum atomic E-state index is -0.986. The highest BCUT2D eigenvalue weighted by atomic mass is 79.9. The molecule has 0 bridgehead atoms. The van der Waals surface area contributed by atoms with Crippen molar-refractivity contribution in [3.05, 3.63) is 147 Å². The Hall–Kier alpha value is -5.71. The van der Waals surface area contributed by atoms with Crippen LogP contribution >= 0.6 is 31.9 Å². The first-order chi connectivity index (χ1) is 28.0. The van der Waals surface area contributed by atoms with Gasteiger partial charge in [0.1, 0.15) is 35.5 Å². The number of nitriles is 1. The molecule has 0 unspecified atom stereocenters. The van der Waals surface area contributed by atoms with Gasteiger partial charge in [0.05, 0.1) is 32.3 Å². The number of oxime groups is 1. The molecule has 0 amide bonds. The first-order valence-electron chi connectivity index (χ1n) is 18.8. The molecule has 11 nitrogen and oxygen atoms in total. The third kappa shape index (κ3) is 12.6. The van der Waals surface area contributed by atoms with E-state index in [0.29, 0.717) is 34.3 Å². The number of allylic oxidation sites excluding steroid dienone is 1. The van der Waals surface area contributed by atoms with E-state index in [0.717, 1.165) is 20.2 Å². The van der Waals surface area contributed by atoms with Crippen LogP contribution in [0.25, 0.3) is 0 Å². The zero-order valence-corrected chi connectivity index (χ0v) is 37.1. The molecule has 1 aromatic heterocycles. The molecule has 0 radical (unpaired) electrons. The van der Waals surface area contributed by atoms with Crippen LogP contribution in [0.4, 0.5) is 0 Å². The molecule has 1 fully saturated rings. The van der Waals surface area contributed by atoms with Crippen molar-refractivity contribution >= 4 is 50.0 Å². The van der Waals surface area contributed by atoms with Crippen LogP contribution in [0.5, 0.6) is 23.1 Å². The van der Waals surface area contributed by atoms with Crippen LogP contribution in [0.1, 0.15) is 73.5 Å². The van der Waals surface area contributed by atoms with Crippen molar-refractivity contribution < 1.29 is 33.4 Å². The third-order valence-corrected chi connectivity index (χ3v) is 9.74. The highest BCUT2D eigenvalue weighted by Crippen LogP contribution is 2.60. The largest absolute Gasteiger partial charge is 0.457 e. The van der Waals surface area contributed by atoms with Crippen molar-refractivity contribution in [3.8, 4) is 29.2 Å². The number of aryl methyl sites for hydroxylation is 2. The van der Waals surface area contributed by atoms with Gasteiger partial charge in [-0.15, -0.1) is 0 Å². The molecule has 0 N–H and O–H groups in total. The van der Waals surface area contributed by atoms with Gasteiger partial charge in [-0.2, -0.15) is 10.4 Å². The van der Waals surface area contributed by atoms with Crippen molar-refractivity contribution in [2.24, 2.45) is 29.5 Å². The number of hydrogen-bond donors (Lipinski definition) is 0. The second-order valence-electron chi connectivity index (χ2n) is 15.3. The topological polar surface area (TPSA) is 134 Å². The average molecular weight is 927 g/mol. The van der Waals surface area contributed by atoms with E-state index in [9.17, 15) is 14.9 Å². The van der Waals surface area contributed by atoms with E-state index in [4.69, 9.17) is 23.8 Å². The Balaban J connectivity index is 0.000000225. The summed E-state index contributed by atoms with van der Waals surface area (Å²) < 4.78 is 25.1. The fourth-order valence-electron chi connectivity index (χ4n) is 6.10. The first kappa shape index (κ1) is 44.4. The number of carbonyl (C=O) groups is 2. The summed E-state index contributed by atoms with van der Waals surface area (Å²) in [6, 6.07) is 35.0. The Labute approximate surface area is 361 Å². The van der Waals surface area contributed by atoms with Crippen LogP contribution in [0.2, 0.25) is 0 Å². The standard InChI is InChI=1S/C24H27N3O4.C22H19Br2NO3/c1-17-21(22(27(5)26-17)30-20-9-7-6-8-10-20)15-25-29-16-18-11-13-19(14-12-18)23(28)31-24(2,3)4;1-22(2)17(12-19(23)24)20(22)21(26)28-18(13-25)14-7-6-10-16(11-14)27-15-8-4-3-5-9-15/h6-15H,16H2,1-5H3;3-12,17-18,20H,1-2H3/b25-15+;/t;17-,18+,20-/m.0/s1. The van der Waals surface area contributed by atoms with Gasteiger partial charge in [0.25, 0.3) is 0 Å². The molecule has 306 valence electrons. The third-order valence-electron chi connectivity index (χ3n) is 9.21. The second-order valence-corrected chi connectivity index (χ2v) is 18.0. The fraction of sp³-hybridized carbons (Fsp3) is 0.283. The van der Waals surface area contributed by atoms with Crippen LogP contribution < -0.4 is 9.47 Å². The van der Waals surface area contributed by atoms with E-state index >= 15 is 0 Å². The van der Waals surface area contributed by atoms with E-state index in [1.807, 2.05) is 127 Å². The zero-order chi connectivity index (χ0) is 42.7. The van der Waals surface area contributed by atoms with Gasteiger partial charge in [0.2, 0.25) is 12.0 Å². The Morgan fingerprint density at radius 1 is 0.915 bits per heavy atom. The van der Waals surface area contributed by atoms with E-state index in [1.165, 1.54) is 0 Å². The van der Waals surface area contributed by atoms with Gasteiger partial charge in [-0.3, -0.25) is 4.79 Å². The van der Waals surface area contributed by atoms with Gasteiger partial charge in [0.15, 0.2) is 0 Å². The maximum absolute atomic E-state index is 12.7. The molecular weight excluding hydrogens is 880 g/mol. The number of rotatable bonds is 13. The lowest BCUT2D eigenvalue weighted by atomic mass is 10.1. The number of aromatic nitrogens is 2. The average Bonchev–Trinajstić information content (AvgIpc) is 3.62.